The Morgan fingerprint density at radius 3 is 1.85 bits per heavy atom. The lowest BCUT2D eigenvalue weighted by Crippen LogP contribution is -2.21. The van der Waals surface area contributed by atoms with Gasteiger partial charge in [0.05, 0.1) is 11.5 Å². The summed E-state index contributed by atoms with van der Waals surface area (Å²) < 4.78 is 0. The van der Waals surface area contributed by atoms with Crippen molar-refractivity contribution >= 4 is 23.9 Å². The fourth-order valence-electron chi connectivity index (χ4n) is 1.92. The second kappa shape index (κ2) is 6.00. The second-order valence-electron chi connectivity index (χ2n) is 4.22. The van der Waals surface area contributed by atoms with Gasteiger partial charge in [0.2, 0.25) is 0 Å². The summed E-state index contributed by atoms with van der Waals surface area (Å²) in [6.45, 7) is 0. The van der Waals surface area contributed by atoms with Gasteiger partial charge >= 0.3 is 23.9 Å². The molecule has 4 N–H and O–H groups in total. The zero-order chi connectivity index (χ0) is 15.4. The largest absolute Gasteiger partial charge is 0.481 e. The van der Waals surface area contributed by atoms with E-state index >= 15 is 0 Å². The van der Waals surface area contributed by atoms with E-state index in [1.807, 2.05) is 0 Å². The van der Waals surface area contributed by atoms with Crippen molar-refractivity contribution in [3.05, 3.63) is 22.8 Å². The van der Waals surface area contributed by atoms with E-state index in [4.69, 9.17) is 20.4 Å². The number of hydrogen-bond acceptors (Lipinski definition) is 4. The minimum absolute atomic E-state index is 0.176. The van der Waals surface area contributed by atoms with E-state index in [0.29, 0.717) is 0 Å². The number of carbonyl (C=O) groups is 4. The SMILES string of the molecule is O=C(O)/C1=C(\C(=O)O)C/C(C(=O)O)=C\C(C(=O)O)CC1. The standard InChI is InChI=1S/C12H12O8/c13-9(14)5-1-2-7(11(17)18)8(12(19)20)4-6(3-5)10(15)16/h3,5H,1-2,4H2,(H,13,14)(H,15,16)(H,17,18)(H,19,20)/b6-3+,8-7-. The molecule has 8 heteroatoms. The molecule has 20 heavy (non-hydrogen) atoms. The summed E-state index contributed by atoms with van der Waals surface area (Å²) in [5.41, 5.74) is -1.43. The monoisotopic (exact) mass is 284 g/mol. The Kier molecular flexibility index (Phi) is 4.63. The number of carboxylic acids is 4. The first-order chi connectivity index (χ1) is 9.23. The van der Waals surface area contributed by atoms with Gasteiger partial charge in [0, 0.05) is 17.6 Å². The molecule has 1 aliphatic rings. The van der Waals surface area contributed by atoms with Crippen LogP contribution in [0, 0.1) is 5.92 Å². The molecule has 0 radical (unpaired) electrons. The van der Waals surface area contributed by atoms with Gasteiger partial charge in [-0.1, -0.05) is 6.08 Å². The van der Waals surface area contributed by atoms with Crippen molar-refractivity contribution in [3.8, 4) is 0 Å². The molecular weight excluding hydrogens is 272 g/mol. The summed E-state index contributed by atoms with van der Waals surface area (Å²) in [5.74, 6) is -6.93. The average Bonchev–Trinajstić information content (AvgIpc) is 2.26. The van der Waals surface area contributed by atoms with Crippen molar-refractivity contribution in [1.82, 2.24) is 0 Å². The summed E-state index contributed by atoms with van der Waals surface area (Å²) >= 11 is 0. The van der Waals surface area contributed by atoms with Crippen molar-refractivity contribution in [1.29, 1.82) is 0 Å². The fourth-order valence-corrected chi connectivity index (χ4v) is 1.92. The van der Waals surface area contributed by atoms with Gasteiger partial charge in [-0.25, -0.2) is 14.4 Å². The Hall–Kier alpha value is -2.64. The third-order valence-electron chi connectivity index (χ3n) is 2.95. The lowest BCUT2D eigenvalue weighted by molar-refractivity contribution is -0.140. The number of aliphatic carboxylic acids is 4. The predicted molar refractivity (Wildman–Crippen MR) is 63.0 cm³/mol. The molecule has 1 rings (SSSR count). The summed E-state index contributed by atoms with van der Waals surface area (Å²) in [7, 11) is 0. The van der Waals surface area contributed by atoms with Crippen LogP contribution in [0.1, 0.15) is 19.3 Å². The predicted octanol–water partition coefficient (Wildman–Crippen LogP) is 0.348. The van der Waals surface area contributed by atoms with Gasteiger partial charge in [0.25, 0.3) is 0 Å². The molecule has 0 spiro atoms. The van der Waals surface area contributed by atoms with E-state index in [1.54, 1.807) is 0 Å². The molecule has 0 aromatic carbocycles. The molecule has 1 aliphatic carbocycles. The van der Waals surface area contributed by atoms with Gasteiger partial charge in [-0.3, -0.25) is 4.79 Å². The highest BCUT2D eigenvalue weighted by atomic mass is 16.4. The molecule has 0 fully saturated rings. The van der Waals surface area contributed by atoms with Crippen molar-refractivity contribution in [2.45, 2.75) is 19.3 Å². The Labute approximate surface area is 112 Å². The molecular formula is C12H12O8. The number of hydrogen-bond donors (Lipinski definition) is 4. The first kappa shape index (κ1) is 15.4. The Balaban J connectivity index is 3.34. The van der Waals surface area contributed by atoms with Crippen LogP contribution in [0.4, 0.5) is 0 Å². The molecule has 0 aliphatic heterocycles. The highest BCUT2D eigenvalue weighted by Gasteiger charge is 2.29. The zero-order valence-corrected chi connectivity index (χ0v) is 10.2. The molecule has 8 nitrogen and oxygen atoms in total. The highest BCUT2D eigenvalue weighted by Crippen LogP contribution is 2.27. The van der Waals surface area contributed by atoms with Crippen LogP contribution in [-0.4, -0.2) is 44.3 Å². The molecule has 0 heterocycles. The topological polar surface area (TPSA) is 149 Å². The molecule has 0 bridgehead atoms. The lowest BCUT2D eigenvalue weighted by atomic mass is 9.88. The Bertz CT molecular complexity index is 540. The van der Waals surface area contributed by atoms with Crippen LogP contribution >= 0.6 is 0 Å². The molecule has 0 saturated carbocycles. The van der Waals surface area contributed by atoms with Gasteiger partial charge in [0.15, 0.2) is 0 Å². The average molecular weight is 284 g/mol. The van der Waals surface area contributed by atoms with Crippen LogP contribution in [0.2, 0.25) is 0 Å². The third-order valence-corrected chi connectivity index (χ3v) is 2.95. The Morgan fingerprint density at radius 1 is 0.900 bits per heavy atom. The maximum atomic E-state index is 11.1. The molecule has 0 saturated heterocycles. The first-order valence-electron chi connectivity index (χ1n) is 5.59. The highest BCUT2D eigenvalue weighted by molar-refractivity contribution is 6.01. The van der Waals surface area contributed by atoms with E-state index < -0.39 is 52.9 Å². The zero-order valence-electron chi connectivity index (χ0n) is 10.2. The van der Waals surface area contributed by atoms with Crippen LogP contribution in [0.25, 0.3) is 0 Å². The first-order valence-corrected chi connectivity index (χ1v) is 5.59. The molecule has 1 atom stereocenters. The van der Waals surface area contributed by atoms with Crippen molar-refractivity contribution in [2.24, 2.45) is 5.92 Å². The van der Waals surface area contributed by atoms with E-state index in [2.05, 4.69) is 0 Å². The van der Waals surface area contributed by atoms with Crippen LogP contribution in [0.15, 0.2) is 22.8 Å². The van der Waals surface area contributed by atoms with Gasteiger partial charge < -0.3 is 20.4 Å². The van der Waals surface area contributed by atoms with Crippen molar-refractivity contribution in [3.63, 3.8) is 0 Å². The van der Waals surface area contributed by atoms with E-state index in [-0.39, 0.29) is 12.8 Å². The molecule has 108 valence electrons. The second-order valence-corrected chi connectivity index (χ2v) is 4.22. The van der Waals surface area contributed by atoms with Crippen LogP contribution in [0.5, 0.6) is 0 Å². The fraction of sp³-hybridized carbons (Fsp3) is 0.333. The number of carboxylic acid groups (broad SMARTS) is 4. The smallest absolute Gasteiger partial charge is 0.332 e. The maximum Gasteiger partial charge on any atom is 0.332 e. The minimum atomic E-state index is -1.52. The van der Waals surface area contributed by atoms with E-state index in [0.717, 1.165) is 6.08 Å². The Morgan fingerprint density at radius 2 is 1.45 bits per heavy atom. The van der Waals surface area contributed by atoms with Crippen LogP contribution in [0.3, 0.4) is 0 Å². The van der Waals surface area contributed by atoms with Gasteiger partial charge in [0.1, 0.15) is 0 Å². The van der Waals surface area contributed by atoms with Crippen molar-refractivity contribution < 1.29 is 39.6 Å². The van der Waals surface area contributed by atoms with Crippen LogP contribution in [-0.2, 0) is 19.2 Å². The number of rotatable bonds is 4. The summed E-state index contributed by atoms with van der Waals surface area (Å²) in [6, 6.07) is 0. The van der Waals surface area contributed by atoms with Gasteiger partial charge in [-0.2, -0.15) is 0 Å². The van der Waals surface area contributed by atoms with Gasteiger partial charge in [-0.15, -0.1) is 0 Å². The summed E-state index contributed by atoms with van der Waals surface area (Å²) in [5, 5.41) is 35.9. The summed E-state index contributed by atoms with van der Waals surface area (Å²) in [6.07, 6.45) is -0.0931. The van der Waals surface area contributed by atoms with E-state index in [9.17, 15) is 19.2 Å². The molecule has 1 unspecified atom stereocenters. The quantitative estimate of drug-likeness (QED) is 0.577. The van der Waals surface area contributed by atoms with Gasteiger partial charge in [-0.05, 0) is 12.8 Å². The third kappa shape index (κ3) is 3.44. The molecule has 0 amide bonds. The lowest BCUT2D eigenvalue weighted by Gasteiger charge is -2.16. The van der Waals surface area contributed by atoms with Crippen molar-refractivity contribution in [2.75, 3.05) is 0 Å². The molecule has 0 aromatic rings. The minimum Gasteiger partial charge on any atom is -0.481 e. The normalized spacial score (nSPS) is 25.8. The maximum absolute atomic E-state index is 11.1. The molecule has 0 aromatic heterocycles. The van der Waals surface area contributed by atoms with Crippen LogP contribution < -0.4 is 0 Å². The summed E-state index contributed by atoms with van der Waals surface area (Å²) in [4.78, 5) is 44.1. The van der Waals surface area contributed by atoms with E-state index in [1.165, 1.54) is 0 Å².